The van der Waals surface area contributed by atoms with Gasteiger partial charge in [-0.05, 0) is 39.2 Å². The van der Waals surface area contributed by atoms with E-state index >= 15 is 0 Å². The van der Waals surface area contributed by atoms with Gasteiger partial charge in [0.05, 0.1) is 0 Å². The lowest BCUT2D eigenvalue weighted by atomic mass is 10.0. The number of nitrogens with one attached hydrogen (secondary N) is 3. The van der Waals surface area contributed by atoms with E-state index in [4.69, 9.17) is 0 Å². The lowest BCUT2D eigenvalue weighted by Gasteiger charge is -2.23. The van der Waals surface area contributed by atoms with Gasteiger partial charge in [-0.15, -0.1) is 0 Å². The SMILES string of the molecule is CCC(C)NC(=O)CCNC(=O)CCC1CCCCN1. The van der Waals surface area contributed by atoms with Gasteiger partial charge in [0.1, 0.15) is 0 Å². The second-order valence-corrected chi connectivity index (χ2v) is 5.66. The maximum absolute atomic E-state index is 11.7. The lowest BCUT2D eigenvalue weighted by Crippen LogP contribution is -2.37. The van der Waals surface area contributed by atoms with E-state index in [1.807, 2.05) is 13.8 Å². The molecule has 0 radical (unpaired) electrons. The second kappa shape index (κ2) is 9.75. The fraction of sp³-hybridized carbons (Fsp3) is 0.867. The third-order valence-corrected chi connectivity index (χ3v) is 3.83. The van der Waals surface area contributed by atoms with Crippen LogP contribution in [0.25, 0.3) is 0 Å². The zero-order valence-corrected chi connectivity index (χ0v) is 12.8. The summed E-state index contributed by atoms with van der Waals surface area (Å²) in [6.45, 7) is 5.51. The van der Waals surface area contributed by atoms with Crippen molar-refractivity contribution in [2.45, 2.75) is 70.9 Å². The first-order valence-corrected chi connectivity index (χ1v) is 7.91. The summed E-state index contributed by atoms with van der Waals surface area (Å²) < 4.78 is 0. The third-order valence-electron chi connectivity index (χ3n) is 3.83. The Morgan fingerprint density at radius 3 is 2.70 bits per heavy atom. The van der Waals surface area contributed by atoms with Crippen LogP contribution in [0.2, 0.25) is 0 Å². The summed E-state index contributed by atoms with van der Waals surface area (Å²) in [4.78, 5) is 23.2. The van der Waals surface area contributed by atoms with Gasteiger partial charge in [-0.1, -0.05) is 13.3 Å². The average Bonchev–Trinajstić information content (AvgIpc) is 2.46. The van der Waals surface area contributed by atoms with Crippen LogP contribution >= 0.6 is 0 Å². The molecule has 3 N–H and O–H groups in total. The molecule has 1 heterocycles. The van der Waals surface area contributed by atoms with Gasteiger partial charge in [-0.3, -0.25) is 9.59 Å². The summed E-state index contributed by atoms with van der Waals surface area (Å²) in [7, 11) is 0. The Kier molecular flexibility index (Phi) is 8.26. The fourth-order valence-electron chi connectivity index (χ4n) is 2.33. The van der Waals surface area contributed by atoms with Gasteiger partial charge in [0.2, 0.25) is 11.8 Å². The van der Waals surface area contributed by atoms with E-state index in [0.717, 1.165) is 19.4 Å². The standard InChI is InChI=1S/C15H29N3O2/c1-3-12(2)18-15(20)9-11-17-14(19)8-7-13-6-4-5-10-16-13/h12-13,16H,3-11H2,1-2H3,(H,17,19)(H,18,20). The molecule has 20 heavy (non-hydrogen) atoms. The van der Waals surface area contributed by atoms with Crippen molar-refractivity contribution in [3.63, 3.8) is 0 Å². The molecule has 0 bridgehead atoms. The molecule has 1 aliphatic heterocycles. The number of piperidine rings is 1. The monoisotopic (exact) mass is 283 g/mol. The maximum Gasteiger partial charge on any atom is 0.221 e. The number of carbonyl (C=O) groups is 2. The van der Waals surface area contributed by atoms with E-state index in [9.17, 15) is 9.59 Å². The molecule has 1 aliphatic rings. The molecule has 2 atom stereocenters. The van der Waals surface area contributed by atoms with Crippen LogP contribution in [-0.4, -0.2) is 37.0 Å². The Morgan fingerprint density at radius 1 is 1.25 bits per heavy atom. The molecule has 0 aliphatic carbocycles. The summed E-state index contributed by atoms with van der Waals surface area (Å²) in [5.41, 5.74) is 0. The van der Waals surface area contributed by atoms with E-state index in [1.165, 1.54) is 19.3 Å². The van der Waals surface area contributed by atoms with Crippen molar-refractivity contribution < 1.29 is 9.59 Å². The van der Waals surface area contributed by atoms with E-state index in [1.54, 1.807) is 0 Å². The largest absolute Gasteiger partial charge is 0.356 e. The van der Waals surface area contributed by atoms with E-state index in [0.29, 0.717) is 25.4 Å². The Hall–Kier alpha value is -1.10. The van der Waals surface area contributed by atoms with Crippen molar-refractivity contribution in [3.8, 4) is 0 Å². The van der Waals surface area contributed by atoms with Gasteiger partial charge in [-0.25, -0.2) is 0 Å². The molecule has 0 aromatic rings. The quantitative estimate of drug-likeness (QED) is 0.629. The highest BCUT2D eigenvalue weighted by Gasteiger charge is 2.14. The predicted octanol–water partition coefficient (Wildman–Crippen LogP) is 1.33. The molecule has 0 saturated carbocycles. The molecule has 1 saturated heterocycles. The van der Waals surface area contributed by atoms with Gasteiger partial charge in [0.15, 0.2) is 0 Å². The van der Waals surface area contributed by atoms with Crippen molar-refractivity contribution >= 4 is 11.8 Å². The Labute approximate surface area is 122 Å². The van der Waals surface area contributed by atoms with Crippen LogP contribution in [0.1, 0.15) is 58.8 Å². The molecule has 2 amide bonds. The van der Waals surface area contributed by atoms with Crippen molar-refractivity contribution in [2.75, 3.05) is 13.1 Å². The molecule has 5 nitrogen and oxygen atoms in total. The predicted molar refractivity (Wildman–Crippen MR) is 80.4 cm³/mol. The van der Waals surface area contributed by atoms with Crippen molar-refractivity contribution in [1.29, 1.82) is 0 Å². The third kappa shape index (κ3) is 7.48. The van der Waals surface area contributed by atoms with E-state index in [2.05, 4.69) is 16.0 Å². The van der Waals surface area contributed by atoms with Crippen LogP contribution in [0, 0.1) is 0 Å². The first-order chi connectivity index (χ1) is 9.61. The molecule has 116 valence electrons. The molecule has 0 spiro atoms. The summed E-state index contributed by atoms with van der Waals surface area (Å²) >= 11 is 0. The van der Waals surface area contributed by atoms with Crippen molar-refractivity contribution in [1.82, 2.24) is 16.0 Å². The van der Waals surface area contributed by atoms with Crippen LogP contribution < -0.4 is 16.0 Å². The summed E-state index contributed by atoms with van der Waals surface area (Å²) in [5.74, 6) is 0.0577. The van der Waals surface area contributed by atoms with Crippen LogP contribution in [0.3, 0.4) is 0 Å². The number of rotatable bonds is 8. The highest BCUT2D eigenvalue weighted by molar-refractivity contribution is 5.79. The zero-order chi connectivity index (χ0) is 14.8. The molecular weight excluding hydrogens is 254 g/mol. The van der Waals surface area contributed by atoms with E-state index < -0.39 is 0 Å². The minimum atomic E-state index is 0.00796. The molecule has 1 rings (SSSR count). The van der Waals surface area contributed by atoms with Gasteiger partial charge >= 0.3 is 0 Å². The molecule has 2 unspecified atom stereocenters. The lowest BCUT2D eigenvalue weighted by molar-refractivity contribution is -0.122. The molecule has 0 aromatic heterocycles. The first-order valence-electron chi connectivity index (χ1n) is 7.91. The number of amides is 2. The molecule has 0 aromatic carbocycles. The summed E-state index contributed by atoms with van der Waals surface area (Å²) in [6.07, 6.45) is 6.40. The van der Waals surface area contributed by atoms with Gasteiger partial charge in [0, 0.05) is 31.5 Å². The highest BCUT2D eigenvalue weighted by Crippen LogP contribution is 2.11. The van der Waals surface area contributed by atoms with Crippen LogP contribution in [-0.2, 0) is 9.59 Å². The maximum atomic E-state index is 11.7. The van der Waals surface area contributed by atoms with Gasteiger partial charge in [-0.2, -0.15) is 0 Å². The summed E-state index contributed by atoms with van der Waals surface area (Å²) in [6, 6.07) is 0.693. The molecule has 1 fully saturated rings. The minimum Gasteiger partial charge on any atom is -0.356 e. The van der Waals surface area contributed by atoms with Crippen molar-refractivity contribution in [2.24, 2.45) is 0 Å². The van der Waals surface area contributed by atoms with Gasteiger partial charge in [0.25, 0.3) is 0 Å². The highest BCUT2D eigenvalue weighted by atomic mass is 16.2. The topological polar surface area (TPSA) is 70.2 Å². The smallest absolute Gasteiger partial charge is 0.221 e. The Morgan fingerprint density at radius 2 is 2.05 bits per heavy atom. The van der Waals surface area contributed by atoms with E-state index in [-0.39, 0.29) is 17.9 Å². The average molecular weight is 283 g/mol. The fourth-order valence-corrected chi connectivity index (χ4v) is 2.33. The van der Waals surface area contributed by atoms with Gasteiger partial charge < -0.3 is 16.0 Å². The van der Waals surface area contributed by atoms with Crippen LogP contribution in [0.5, 0.6) is 0 Å². The Balaban J connectivity index is 2.03. The summed E-state index contributed by atoms with van der Waals surface area (Å²) in [5, 5.41) is 9.14. The van der Waals surface area contributed by atoms with Crippen LogP contribution in [0.15, 0.2) is 0 Å². The van der Waals surface area contributed by atoms with Crippen molar-refractivity contribution in [3.05, 3.63) is 0 Å². The Bertz CT molecular complexity index is 301. The number of hydrogen-bond acceptors (Lipinski definition) is 3. The molecular formula is C15H29N3O2. The minimum absolute atomic E-state index is 0.00796. The first kappa shape index (κ1) is 17.0. The number of carbonyl (C=O) groups excluding carboxylic acids is 2. The zero-order valence-electron chi connectivity index (χ0n) is 12.8. The second-order valence-electron chi connectivity index (χ2n) is 5.66. The normalized spacial score (nSPS) is 20.2. The molecule has 5 heteroatoms. The number of hydrogen-bond donors (Lipinski definition) is 3. The van der Waals surface area contributed by atoms with Crippen LogP contribution in [0.4, 0.5) is 0 Å².